The van der Waals surface area contributed by atoms with E-state index in [9.17, 15) is 13.6 Å². The molecule has 27 heavy (non-hydrogen) atoms. The van der Waals surface area contributed by atoms with Crippen molar-refractivity contribution in [2.75, 3.05) is 10.6 Å². The number of carbonyl (C=O) groups excluding carboxylic acids is 1. The summed E-state index contributed by atoms with van der Waals surface area (Å²) in [5.74, 6) is -1.05. The maximum Gasteiger partial charge on any atom is 0.228 e. The summed E-state index contributed by atoms with van der Waals surface area (Å²) in [6.45, 7) is 3.60. The van der Waals surface area contributed by atoms with Gasteiger partial charge in [0.2, 0.25) is 5.91 Å². The first kappa shape index (κ1) is 18.4. The lowest BCUT2D eigenvalue weighted by molar-refractivity contribution is -0.118. The monoisotopic (exact) mass is 368 g/mol. The highest BCUT2D eigenvalue weighted by molar-refractivity contribution is 5.91. The molecule has 1 aromatic carbocycles. The molecule has 3 aromatic rings. The Morgan fingerprint density at radius 1 is 0.963 bits per heavy atom. The summed E-state index contributed by atoms with van der Waals surface area (Å²) in [6.07, 6.45) is 3.03. The number of pyridine rings is 2. The standard InChI is InChI=1S/C20H18F2N4O/c1-12(2)20(27)26-18-9-7-14(11-24-18)25-17-8-6-13(10-23-17)15-4-3-5-16(21)19(15)22/h3-12H,1-2H3,(H,23,25)(H,24,26,27). The number of anilines is 3. The smallest absolute Gasteiger partial charge is 0.228 e. The largest absolute Gasteiger partial charge is 0.339 e. The van der Waals surface area contributed by atoms with E-state index in [-0.39, 0.29) is 17.4 Å². The molecule has 3 rings (SSSR count). The fraction of sp³-hybridized carbons (Fsp3) is 0.150. The van der Waals surface area contributed by atoms with Crippen LogP contribution >= 0.6 is 0 Å². The molecule has 7 heteroatoms. The molecule has 2 N–H and O–H groups in total. The average Bonchev–Trinajstić information content (AvgIpc) is 2.66. The number of nitrogens with zero attached hydrogens (tertiary/aromatic N) is 2. The van der Waals surface area contributed by atoms with E-state index in [0.29, 0.717) is 22.9 Å². The number of aromatic nitrogens is 2. The quantitative estimate of drug-likeness (QED) is 0.681. The van der Waals surface area contributed by atoms with Crippen molar-refractivity contribution in [1.29, 1.82) is 0 Å². The third kappa shape index (κ3) is 4.44. The highest BCUT2D eigenvalue weighted by Crippen LogP contribution is 2.25. The van der Waals surface area contributed by atoms with Crippen molar-refractivity contribution in [2.45, 2.75) is 13.8 Å². The fourth-order valence-corrected chi connectivity index (χ4v) is 2.31. The normalized spacial score (nSPS) is 10.7. The van der Waals surface area contributed by atoms with Crippen LogP contribution in [0.5, 0.6) is 0 Å². The minimum Gasteiger partial charge on any atom is -0.339 e. The number of rotatable bonds is 5. The predicted octanol–water partition coefficient (Wildman–Crippen LogP) is 4.76. The molecule has 1 amide bonds. The number of hydrogen-bond donors (Lipinski definition) is 2. The molecule has 0 bridgehead atoms. The summed E-state index contributed by atoms with van der Waals surface area (Å²) < 4.78 is 27.2. The number of carbonyl (C=O) groups is 1. The van der Waals surface area contributed by atoms with E-state index in [1.807, 2.05) is 0 Å². The van der Waals surface area contributed by atoms with Crippen molar-refractivity contribution in [3.63, 3.8) is 0 Å². The average molecular weight is 368 g/mol. The highest BCUT2D eigenvalue weighted by atomic mass is 19.2. The van der Waals surface area contributed by atoms with Crippen LogP contribution in [0.1, 0.15) is 13.8 Å². The van der Waals surface area contributed by atoms with Gasteiger partial charge in [0.1, 0.15) is 11.6 Å². The van der Waals surface area contributed by atoms with Crippen LogP contribution in [0.25, 0.3) is 11.1 Å². The molecule has 5 nitrogen and oxygen atoms in total. The van der Waals surface area contributed by atoms with Gasteiger partial charge in [-0.3, -0.25) is 4.79 Å². The van der Waals surface area contributed by atoms with Crippen LogP contribution in [0, 0.1) is 17.6 Å². The number of halogens is 2. The van der Waals surface area contributed by atoms with Gasteiger partial charge in [0.25, 0.3) is 0 Å². The molecule has 0 aliphatic heterocycles. The van der Waals surface area contributed by atoms with Gasteiger partial charge in [-0.2, -0.15) is 0 Å². The van der Waals surface area contributed by atoms with Gasteiger partial charge in [-0.05, 0) is 30.3 Å². The maximum atomic E-state index is 13.9. The van der Waals surface area contributed by atoms with E-state index in [2.05, 4.69) is 20.6 Å². The Kier molecular flexibility index (Phi) is 5.40. The zero-order chi connectivity index (χ0) is 19.4. The summed E-state index contributed by atoms with van der Waals surface area (Å²) >= 11 is 0. The molecule has 0 unspecified atom stereocenters. The van der Waals surface area contributed by atoms with Gasteiger partial charge in [-0.1, -0.05) is 26.0 Å². The Balaban J connectivity index is 1.70. The predicted molar refractivity (Wildman–Crippen MR) is 101 cm³/mol. The Morgan fingerprint density at radius 2 is 1.70 bits per heavy atom. The molecule has 0 spiro atoms. The molecule has 0 saturated carbocycles. The second-order valence-electron chi connectivity index (χ2n) is 6.23. The molecule has 0 radical (unpaired) electrons. The highest BCUT2D eigenvalue weighted by Gasteiger charge is 2.10. The molecule has 0 atom stereocenters. The lowest BCUT2D eigenvalue weighted by Gasteiger charge is -2.09. The maximum absolute atomic E-state index is 13.9. The van der Waals surface area contributed by atoms with Gasteiger partial charge >= 0.3 is 0 Å². The first-order valence-corrected chi connectivity index (χ1v) is 8.38. The van der Waals surface area contributed by atoms with Gasteiger partial charge in [-0.25, -0.2) is 18.7 Å². The van der Waals surface area contributed by atoms with Crippen LogP contribution in [-0.4, -0.2) is 15.9 Å². The van der Waals surface area contributed by atoms with Gasteiger partial charge in [0.15, 0.2) is 11.6 Å². The topological polar surface area (TPSA) is 66.9 Å². The van der Waals surface area contributed by atoms with Crippen molar-refractivity contribution in [2.24, 2.45) is 5.92 Å². The van der Waals surface area contributed by atoms with Crippen LogP contribution in [0.3, 0.4) is 0 Å². The van der Waals surface area contributed by atoms with Crippen molar-refractivity contribution in [3.8, 4) is 11.1 Å². The van der Waals surface area contributed by atoms with Crippen molar-refractivity contribution >= 4 is 23.2 Å². The number of amides is 1. The van der Waals surface area contributed by atoms with Crippen molar-refractivity contribution in [1.82, 2.24) is 9.97 Å². The summed E-state index contributed by atoms with van der Waals surface area (Å²) in [5, 5.41) is 5.77. The molecular weight excluding hydrogens is 350 g/mol. The second-order valence-corrected chi connectivity index (χ2v) is 6.23. The molecule has 2 aromatic heterocycles. The molecule has 138 valence electrons. The van der Waals surface area contributed by atoms with Crippen molar-refractivity contribution < 1.29 is 13.6 Å². The van der Waals surface area contributed by atoms with Crippen LogP contribution < -0.4 is 10.6 Å². The lowest BCUT2D eigenvalue weighted by Crippen LogP contribution is -2.18. The summed E-state index contributed by atoms with van der Waals surface area (Å²) in [4.78, 5) is 20.0. The Bertz CT molecular complexity index is 941. The van der Waals surface area contributed by atoms with E-state index in [4.69, 9.17) is 0 Å². The Morgan fingerprint density at radius 3 is 2.33 bits per heavy atom. The van der Waals surface area contributed by atoms with Gasteiger partial charge < -0.3 is 10.6 Å². The van der Waals surface area contributed by atoms with E-state index < -0.39 is 11.6 Å². The van der Waals surface area contributed by atoms with E-state index in [1.54, 1.807) is 44.3 Å². The number of nitrogens with one attached hydrogen (secondary N) is 2. The third-order valence-electron chi connectivity index (χ3n) is 3.84. The SMILES string of the molecule is CC(C)C(=O)Nc1ccc(Nc2ccc(-c3cccc(F)c3F)cn2)cn1. The summed E-state index contributed by atoms with van der Waals surface area (Å²) in [7, 11) is 0. The van der Waals surface area contributed by atoms with Gasteiger partial charge in [-0.15, -0.1) is 0 Å². The Labute approximate surface area is 155 Å². The zero-order valence-corrected chi connectivity index (χ0v) is 14.8. The minimum atomic E-state index is -0.900. The van der Waals surface area contributed by atoms with E-state index in [1.165, 1.54) is 18.3 Å². The van der Waals surface area contributed by atoms with E-state index >= 15 is 0 Å². The first-order valence-electron chi connectivity index (χ1n) is 8.38. The Hall–Kier alpha value is -3.35. The minimum absolute atomic E-state index is 0.106. The molecule has 0 aliphatic rings. The number of benzene rings is 1. The second kappa shape index (κ2) is 7.90. The fourth-order valence-electron chi connectivity index (χ4n) is 2.31. The molecule has 0 saturated heterocycles. The molecular formula is C20H18F2N4O. The van der Waals surface area contributed by atoms with Crippen LogP contribution in [0.4, 0.5) is 26.1 Å². The number of hydrogen-bond acceptors (Lipinski definition) is 4. The summed E-state index contributed by atoms with van der Waals surface area (Å²) in [6, 6.07) is 10.8. The molecule has 0 fully saturated rings. The van der Waals surface area contributed by atoms with Gasteiger partial charge in [0, 0.05) is 23.2 Å². The van der Waals surface area contributed by atoms with E-state index in [0.717, 1.165) is 6.07 Å². The first-order chi connectivity index (χ1) is 12.9. The molecule has 2 heterocycles. The lowest BCUT2D eigenvalue weighted by atomic mass is 10.1. The third-order valence-corrected chi connectivity index (χ3v) is 3.84. The van der Waals surface area contributed by atoms with Crippen LogP contribution in [0.2, 0.25) is 0 Å². The summed E-state index contributed by atoms with van der Waals surface area (Å²) in [5.41, 5.74) is 1.30. The molecule has 0 aliphatic carbocycles. The zero-order valence-electron chi connectivity index (χ0n) is 14.8. The van der Waals surface area contributed by atoms with Crippen molar-refractivity contribution in [3.05, 3.63) is 66.5 Å². The van der Waals surface area contributed by atoms with Gasteiger partial charge in [0.05, 0.1) is 11.9 Å². The van der Waals surface area contributed by atoms with Crippen LogP contribution in [-0.2, 0) is 4.79 Å². The van der Waals surface area contributed by atoms with Crippen LogP contribution in [0.15, 0.2) is 54.9 Å².